The standard InChI is InChI=1S/C54H52N3O.Pt/c1-33(2)40-30-47(34(3)4)52(58)48(31-40)53-56-51-46(16-13-17-50(51)57(53)44-22-23-45(36(6)26-44)38-14-11-10-12-15-38)41-27-42(29-43(28-41)54(7,8)9)49-32-39(24-25-55-49)37-20-18-35(5)19-21-37;/h10-26,28-34,58H,1-9H3;/q-1;/i6D3;. The van der Waals surface area contributed by atoms with Gasteiger partial charge in [-0.05, 0) is 100 Å². The summed E-state index contributed by atoms with van der Waals surface area (Å²) < 4.78 is 28.1. The maximum atomic E-state index is 12.1. The normalized spacial score (nSPS) is 12.7. The summed E-state index contributed by atoms with van der Waals surface area (Å²) in [6, 6.07) is 46.3. The number of phenolic OH excluding ortho intramolecular Hbond substituents is 1. The van der Waals surface area contributed by atoms with Crippen LogP contribution in [0, 0.1) is 19.8 Å². The van der Waals surface area contributed by atoms with Gasteiger partial charge in [0.05, 0.1) is 16.6 Å². The van der Waals surface area contributed by atoms with Gasteiger partial charge in [-0.15, -0.1) is 29.3 Å². The summed E-state index contributed by atoms with van der Waals surface area (Å²) in [5.74, 6) is 0.916. The van der Waals surface area contributed by atoms with Crippen molar-refractivity contribution >= 4 is 11.0 Å². The first-order chi connectivity index (χ1) is 29.0. The molecule has 0 unspecified atom stereocenters. The summed E-state index contributed by atoms with van der Waals surface area (Å²) >= 11 is 0. The van der Waals surface area contributed by atoms with E-state index in [1.165, 1.54) is 5.56 Å². The SMILES string of the molecule is [2H]C([2H])([2H])c1cc(-n2c(-c3cc(C(C)C)cc(C(C)C)c3O)nc3c(-c4[c-]c(-c5cc(-c6ccc(C)cc6)ccn5)cc(C(C)(C)C)c4)cccc32)ccc1-c1ccccc1.[Pt]. The summed E-state index contributed by atoms with van der Waals surface area (Å²) in [6.07, 6.45) is 1.86. The third-order valence-corrected chi connectivity index (χ3v) is 11.2. The zero-order valence-electron chi connectivity index (χ0n) is 38.0. The average molecular weight is 957 g/mol. The number of imidazole rings is 1. The Morgan fingerprint density at radius 3 is 2.14 bits per heavy atom. The first-order valence-electron chi connectivity index (χ1n) is 21.7. The Morgan fingerprint density at radius 1 is 0.695 bits per heavy atom. The van der Waals surface area contributed by atoms with Crippen LogP contribution in [0.4, 0.5) is 0 Å². The van der Waals surface area contributed by atoms with E-state index in [0.29, 0.717) is 28.2 Å². The van der Waals surface area contributed by atoms with Crippen molar-refractivity contribution in [2.75, 3.05) is 0 Å². The minimum Gasteiger partial charge on any atom is -0.507 e. The molecule has 1 N–H and O–H groups in total. The van der Waals surface area contributed by atoms with Gasteiger partial charge in [-0.3, -0.25) is 9.55 Å². The third kappa shape index (κ3) is 8.21. The molecule has 0 bridgehead atoms. The van der Waals surface area contributed by atoms with Crippen molar-refractivity contribution < 1.29 is 30.3 Å². The number of hydrogen-bond acceptors (Lipinski definition) is 3. The quantitative estimate of drug-likeness (QED) is 0.154. The molecule has 0 aliphatic carbocycles. The summed E-state index contributed by atoms with van der Waals surface area (Å²) in [5.41, 5.74) is 14.0. The molecule has 4 nitrogen and oxygen atoms in total. The second-order valence-corrected chi connectivity index (χ2v) is 17.1. The fourth-order valence-electron chi connectivity index (χ4n) is 7.71. The molecule has 0 amide bonds. The molecular weight excluding hydrogens is 902 g/mol. The average Bonchev–Trinajstić information content (AvgIpc) is 3.63. The molecule has 0 atom stereocenters. The largest absolute Gasteiger partial charge is 0.507 e. The zero-order chi connectivity index (χ0) is 43.4. The molecule has 0 radical (unpaired) electrons. The number of benzene rings is 6. The van der Waals surface area contributed by atoms with Gasteiger partial charge in [0, 0.05) is 42.8 Å². The number of rotatable bonds is 8. The number of para-hydroxylation sites is 1. The fourth-order valence-corrected chi connectivity index (χ4v) is 7.71. The van der Waals surface area contributed by atoms with E-state index in [0.717, 1.165) is 61.3 Å². The van der Waals surface area contributed by atoms with Crippen LogP contribution in [0.3, 0.4) is 0 Å². The Bertz CT molecular complexity index is 2910. The number of aromatic hydroxyl groups is 1. The first-order valence-corrected chi connectivity index (χ1v) is 20.2. The molecule has 0 saturated carbocycles. The van der Waals surface area contributed by atoms with Crippen molar-refractivity contribution in [3.8, 4) is 67.5 Å². The molecule has 8 rings (SSSR count). The van der Waals surface area contributed by atoms with Gasteiger partial charge in [0.25, 0.3) is 0 Å². The monoisotopic (exact) mass is 956 g/mol. The van der Waals surface area contributed by atoms with Gasteiger partial charge < -0.3 is 5.11 Å². The maximum absolute atomic E-state index is 12.1. The minimum atomic E-state index is -2.41. The Labute approximate surface area is 368 Å². The topological polar surface area (TPSA) is 50.9 Å². The van der Waals surface area contributed by atoms with E-state index >= 15 is 0 Å². The Balaban J connectivity index is 0.00000578. The van der Waals surface area contributed by atoms with Gasteiger partial charge in [-0.25, -0.2) is 4.98 Å². The van der Waals surface area contributed by atoms with Crippen LogP contribution in [0.2, 0.25) is 0 Å². The number of pyridine rings is 1. The van der Waals surface area contributed by atoms with Crippen LogP contribution in [0.5, 0.6) is 5.75 Å². The van der Waals surface area contributed by atoms with Crippen LogP contribution < -0.4 is 0 Å². The number of fused-ring (bicyclic) bond motifs is 1. The maximum Gasteiger partial charge on any atom is 0.148 e. The van der Waals surface area contributed by atoms with Gasteiger partial charge in [-0.2, -0.15) is 0 Å². The first kappa shape index (κ1) is 37.7. The molecular formula is C54H52N3OPt-. The van der Waals surface area contributed by atoms with E-state index in [2.05, 4.69) is 116 Å². The van der Waals surface area contributed by atoms with Crippen molar-refractivity contribution in [3.63, 3.8) is 0 Å². The molecule has 2 aromatic heterocycles. The number of phenols is 1. The number of nitrogens with zero attached hydrogens (tertiary/aromatic N) is 3. The predicted octanol–water partition coefficient (Wildman–Crippen LogP) is 14.4. The summed E-state index contributed by atoms with van der Waals surface area (Å²) in [7, 11) is 0. The van der Waals surface area contributed by atoms with Crippen LogP contribution >= 0.6 is 0 Å². The fraction of sp³-hybridized carbons (Fsp3) is 0.222. The molecule has 0 aliphatic rings. The summed E-state index contributed by atoms with van der Waals surface area (Å²) in [5, 5.41) is 12.1. The van der Waals surface area contributed by atoms with Crippen LogP contribution in [0.15, 0.2) is 134 Å². The second-order valence-electron chi connectivity index (χ2n) is 17.1. The van der Waals surface area contributed by atoms with Crippen LogP contribution in [-0.4, -0.2) is 19.6 Å². The van der Waals surface area contributed by atoms with Gasteiger partial charge in [0.2, 0.25) is 0 Å². The van der Waals surface area contributed by atoms with Gasteiger partial charge in [0.1, 0.15) is 11.6 Å². The molecule has 6 aromatic carbocycles. The minimum absolute atomic E-state index is 0. The van der Waals surface area contributed by atoms with Gasteiger partial charge >= 0.3 is 0 Å². The third-order valence-electron chi connectivity index (χ3n) is 11.2. The van der Waals surface area contributed by atoms with Crippen LogP contribution in [0.25, 0.3) is 72.7 Å². The number of aromatic nitrogens is 3. The molecule has 0 spiro atoms. The van der Waals surface area contributed by atoms with E-state index in [1.54, 1.807) is 6.07 Å². The number of aryl methyl sites for hydroxylation is 2. The zero-order valence-corrected chi connectivity index (χ0v) is 37.2. The van der Waals surface area contributed by atoms with Crippen LogP contribution in [0.1, 0.15) is 92.2 Å². The van der Waals surface area contributed by atoms with E-state index in [1.807, 2.05) is 77.5 Å². The van der Waals surface area contributed by atoms with Crippen molar-refractivity contribution in [3.05, 3.63) is 167 Å². The smallest absolute Gasteiger partial charge is 0.148 e. The molecule has 59 heavy (non-hydrogen) atoms. The van der Waals surface area contributed by atoms with Crippen molar-refractivity contribution in [2.24, 2.45) is 0 Å². The van der Waals surface area contributed by atoms with Gasteiger partial charge in [-0.1, -0.05) is 150 Å². The Morgan fingerprint density at radius 2 is 1.44 bits per heavy atom. The number of hydrogen-bond donors (Lipinski definition) is 1. The summed E-state index contributed by atoms with van der Waals surface area (Å²) in [6.45, 7) is 14.8. The van der Waals surface area contributed by atoms with Crippen molar-refractivity contribution in [2.45, 2.75) is 79.5 Å². The van der Waals surface area contributed by atoms with Gasteiger partial charge in [0.15, 0.2) is 0 Å². The molecule has 8 aromatic rings. The molecule has 2 heterocycles. The molecule has 5 heteroatoms. The summed E-state index contributed by atoms with van der Waals surface area (Å²) in [4.78, 5) is 10.3. The van der Waals surface area contributed by atoms with E-state index in [-0.39, 0.29) is 49.6 Å². The Hall–Kier alpha value is -5.57. The molecule has 300 valence electrons. The van der Waals surface area contributed by atoms with Crippen molar-refractivity contribution in [1.29, 1.82) is 0 Å². The van der Waals surface area contributed by atoms with E-state index < -0.39 is 6.85 Å². The second kappa shape index (κ2) is 16.6. The van der Waals surface area contributed by atoms with E-state index in [9.17, 15) is 5.11 Å². The molecule has 0 saturated heterocycles. The Kier molecular flexibility index (Phi) is 10.6. The van der Waals surface area contributed by atoms with Crippen LogP contribution in [-0.2, 0) is 26.5 Å². The molecule has 0 fully saturated rings. The van der Waals surface area contributed by atoms with Crippen molar-refractivity contribution in [1.82, 2.24) is 14.5 Å². The predicted molar refractivity (Wildman–Crippen MR) is 243 cm³/mol. The molecule has 0 aliphatic heterocycles. The van der Waals surface area contributed by atoms with E-state index in [4.69, 9.17) is 14.1 Å².